The van der Waals surface area contributed by atoms with Gasteiger partial charge in [0.05, 0.1) is 20.3 Å². The van der Waals surface area contributed by atoms with Crippen LogP contribution in [0, 0.1) is 5.92 Å². The van der Waals surface area contributed by atoms with Crippen molar-refractivity contribution in [2.75, 3.05) is 20.8 Å². The Balaban J connectivity index is 2.29. The first-order valence-electron chi connectivity index (χ1n) is 7.53. The summed E-state index contributed by atoms with van der Waals surface area (Å²) in [5, 5.41) is 0. The quantitative estimate of drug-likeness (QED) is 0.751. The summed E-state index contributed by atoms with van der Waals surface area (Å²) >= 11 is 0. The molecule has 0 aromatic heterocycles. The minimum absolute atomic E-state index is 0.486. The zero-order valence-corrected chi connectivity index (χ0v) is 13.8. The van der Waals surface area contributed by atoms with Gasteiger partial charge < -0.3 is 14.2 Å². The maximum atomic E-state index is 5.95. The van der Waals surface area contributed by atoms with Crippen LogP contribution in [0.25, 0.3) is 11.1 Å². The largest absolute Gasteiger partial charge is 0.497 e. The second-order valence-corrected chi connectivity index (χ2v) is 5.69. The van der Waals surface area contributed by atoms with Gasteiger partial charge in [0.25, 0.3) is 0 Å². The second kappa shape index (κ2) is 7.85. The fourth-order valence-corrected chi connectivity index (χ4v) is 2.18. The first-order valence-corrected chi connectivity index (χ1v) is 7.53. The predicted molar refractivity (Wildman–Crippen MR) is 89.5 cm³/mol. The predicted octanol–water partition coefficient (Wildman–Crippen LogP) is 4.54. The van der Waals surface area contributed by atoms with Gasteiger partial charge in [0.15, 0.2) is 0 Å². The summed E-state index contributed by atoms with van der Waals surface area (Å²) < 4.78 is 16.4. The average molecular weight is 300 g/mol. The molecule has 0 bridgehead atoms. The zero-order chi connectivity index (χ0) is 15.9. The van der Waals surface area contributed by atoms with E-state index in [1.807, 2.05) is 12.1 Å². The summed E-state index contributed by atoms with van der Waals surface area (Å²) in [6.45, 7) is 5.53. The molecule has 0 fully saturated rings. The summed E-state index contributed by atoms with van der Waals surface area (Å²) in [5.74, 6) is 2.24. The molecule has 2 aromatic carbocycles. The molecule has 118 valence electrons. The molecule has 2 rings (SSSR count). The fraction of sp³-hybridized carbons (Fsp3) is 0.368. The van der Waals surface area contributed by atoms with Crippen molar-refractivity contribution in [2.24, 2.45) is 5.92 Å². The van der Waals surface area contributed by atoms with Crippen LogP contribution >= 0.6 is 0 Å². The van der Waals surface area contributed by atoms with Gasteiger partial charge >= 0.3 is 0 Å². The lowest BCUT2D eigenvalue weighted by Crippen LogP contribution is -2.06. The van der Waals surface area contributed by atoms with E-state index in [2.05, 4.69) is 44.2 Å². The molecular weight excluding hydrogens is 276 g/mol. The number of benzene rings is 2. The molecule has 22 heavy (non-hydrogen) atoms. The van der Waals surface area contributed by atoms with E-state index >= 15 is 0 Å². The third kappa shape index (κ3) is 4.25. The van der Waals surface area contributed by atoms with Crippen molar-refractivity contribution < 1.29 is 14.2 Å². The van der Waals surface area contributed by atoms with Crippen LogP contribution in [-0.2, 0) is 11.3 Å². The van der Waals surface area contributed by atoms with Gasteiger partial charge in [-0.25, -0.2) is 0 Å². The van der Waals surface area contributed by atoms with Gasteiger partial charge in [-0.1, -0.05) is 38.1 Å². The second-order valence-electron chi connectivity index (χ2n) is 5.69. The van der Waals surface area contributed by atoms with E-state index in [0.29, 0.717) is 19.1 Å². The summed E-state index contributed by atoms with van der Waals surface area (Å²) in [7, 11) is 3.37. The van der Waals surface area contributed by atoms with E-state index in [1.165, 1.54) is 0 Å². The monoisotopic (exact) mass is 300 g/mol. The van der Waals surface area contributed by atoms with E-state index in [-0.39, 0.29) is 0 Å². The Labute approximate surface area is 132 Å². The van der Waals surface area contributed by atoms with E-state index in [0.717, 1.165) is 28.2 Å². The van der Waals surface area contributed by atoms with Crippen molar-refractivity contribution in [1.29, 1.82) is 0 Å². The van der Waals surface area contributed by atoms with E-state index < -0.39 is 0 Å². The van der Waals surface area contributed by atoms with Gasteiger partial charge in [-0.2, -0.15) is 0 Å². The number of rotatable bonds is 7. The summed E-state index contributed by atoms with van der Waals surface area (Å²) in [6.07, 6.45) is 0. The Morgan fingerprint density at radius 1 is 0.909 bits per heavy atom. The Kier molecular flexibility index (Phi) is 5.84. The Bertz CT molecular complexity index is 588. The lowest BCUT2D eigenvalue weighted by atomic mass is 10.0. The molecule has 0 unspecified atom stereocenters. The molecule has 0 amide bonds. The van der Waals surface area contributed by atoms with Gasteiger partial charge in [-0.05, 0) is 35.2 Å². The molecule has 0 N–H and O–H groups in total. The molecule has 3 heteroatoms. The van der Waals surface area contributed by atoms with Gasteiger partial charge in [0.1, 0.15) is 11.5 Å². The van der Waals surface area contributed by atoms with Crippen LogP contribution in [0.3, 0.4) is 0 Å². The summed E-state index contributed by atoms with van der Waals surface area (Å²) in [4.78, 5) is 0. The van der Waals surface area contributed by atoms with Crippen LogP contribution in [0.2, 0.25) is 0 Å². The van der Waals surface area contributed by atoms with Crippen molar-refractivity contribution in [2.45, 2.75) is 20.5 Å². The molecule has 0 aliphatic carbocycles. The Hall–Kier alpha value is -2.00. The standard InChI is InChI=1S/C19H24O3/c1-14(2)12-22-19-11-16(5-6-17(19)13-20-3)15-7-9-18(21-4)10-8-15/h5-11,14H,12-13H2,1-4H3. The van der Waals surface area contributed by atoms with Crippen LogP contribution in [0.15, 0.2) is 42.5 Å². The van der Waals surface area contributed by atoms with Crippen molar-refractivity contribution in [3.05, 3.63) is 48.0 Å². The molecule has 0 saturated carbocycles. The van der Waals surface area contributed by atoms with Crippen molar-refractivity contribution in [3.63, 3.8) is 0 Å². The highest BCUT2D eigenvalue weighted by atomic mass is 16.5. The Morgan fingerprint density at radius 2 is 1.59 bits per heavy atom. The highest BCUT2D eigenvalue weighted by molar-refractivity contribution is 5.66. The fourth-order valence-electron chi connectivity index (χ4n) is 2.18. The van der Waals surface area contributed by atoms with Gasteiger partial charge in [0.2, 0.25) is 0 Å². The van der Waals surface area contributed by atoms with Crippen LogP contribution in [0.5, 0.6) is 11.5 Å². The molecule has 3 nitrogen and oxygen atoms in total. The van der Waals surface area contributed by atoms with E-state index in [1.54, 1.807) is 14.2 Å². The lowest BCUT2D eigenvalue weighted by molar-refractivity contribution is 0.178. The average Bonchev–Trinajstić information content (AvgIpc) is 2.54. The third-order valence-corrected chi connectivity index (χ3v) is 3.36. The maximum absolute atomic E-state index is 5.95. The van der Waals surface area contributed by atoms with Crippen molar-refractivity contribution in [3.8, 4) is 22.6 Å². The number of hydrogen-bond donors (Lipinski definition) is 0. The summed E-state index contributed by atoms with van der Waals surface area (Å²) in [5.41, 5.74) is 3.33. The zero-order valence-electron chi connectivity index (χ0n) is 13.8. The van der Waals surface area contributed by atoms with Crippen LogP contribution in [0.4, 0.5) is 0 Å². The Morgan fingerprint density at radius 3 is 2.18 bits per heavy atom. The molecular formula is C19H24O3. The lowest BCUT2D eigenvalue weighted by Gasteiger charge is -2.14. The molecule has 0 aliphatic heterocycles. The smallest absolute Gasteiger partial charge is 0.125 e. The van der Waals surface area contributed by atoms with Gasteiger partial charge in [-0.15, -0.1) is 0 Å². The van der Waals surface area contributed by atoms with Gasteiger partial charge in [-0.3, -0.25) is 0 Å². The normalized spacial score (nSPS) is 10.8. The summed E-state index contributed by atoms with van der Waals surface area (Å²) in [6, 6.07) is 14.3. The first kappa shape index (κ1) is 16.4. The third-order valence-electron chi connectivity index (χ3n) is 3.36. The number of ether oxygens (including phenoxy) is 3. The van der Waals surface area contributed by atoms with Crippen molar-refractivity contribution >= 4 is 0 Å². The highest BCUT2D eigenvalue weighted by Gasteiger charge is 2.08. The van der Waals surface area contributed by atoms with Crippen molar-refractivity contribution in [1.82, 2.24) is 0 Å². The molecule has 0 radical (unpaired) electrons. The number of methoxy groups -OCH3 is 2. The van der Waals surface area contributed by atoms with Gasteiger partial charge in [0, 0.05) is 12.7 Å². The van der Waals surface area contributed by atoms with E-state index in [9.17, 15) is 0 Å². The van der Waals surface area contributed by atoms with E-state index in [4.69, 9.17) is 14.2 Å². The first-order chi connectivity index (χ1) is 10.6. The minimum Gasteiger partial charge on any atom is -0.497 e. The molecule has 0 atom stereocenters. The van der Waals surface area contributed by atoms with Crippen LogP contribution in [0.1, 0.15) is 19.4 Å². The SMILES string of the molecule is COCc1ccc(-c2ccc(OC)cc2)cc1OCC(C)C. The molecule has 2 aromatic rings. The molecule has 0 spiro atoms. The topological polar surface area (TPSA) is 27.7 Å². The van der Waals surface area contributed by atoms with Crippen LogP contribution in [-0.4, -0.2) is 20.8 Å². The van der Waals surface area contributed by atoms with Crippen LogP contribution < -0.4 is 9.47 Å². The molecule has 0 heterocycles. The number of hydrogen-bond acceptors (Lipinski definition) is 3. The molecule has 0 saturated heterocycles. The molecule has 0 aliphatic rings. The minimum atomic E-state index is 0.486. The maximum Gasteiger partial charge on any atom is 0.125 e. The highest BCUT2D eigenvalue weighted by Crippen LogP contribution is 2.29.